The van der Waals surface area contributed by atoms with Crippen molar-refractivity contribution in [1.29, 1.82) is 0 Å². The molecule has 11 nitrogen and oxygen atoms in total. The lowest BCUT2D eigenvalue weighted by molar-refractivity contribution is -0.137. The molecule has 33 heavy (non-hydrogen) atoms. The lowest BCUT2D eigenvalue weighted by Crippen LogP contribution is -2.50. The molecule has 4 N–H and O–H groups in total. The molecule has 2 aliphatic rings. The standard InChI is InChI=1S/C22H40N6O5/c1-26-12-14-27(15-13-26)16-18-4-3-11-28(18)17-21(31)25-10-7-20(30)24-9-6-19(29)23-8-2-5-22(32)33/h18H,2-17H2,1H3,(H,23,29)(H,24,30)(H,25,31)(H,32,33)/i2+1,5+1,6+1,7+1,8+1,9+1,12+1,14+1,19+1,20+1,22+1,23+1,24+1,28+1. The van der Waals surface area contributed by atoms with Crippen LogP contribution in [0.4, 0.5) is 0 Å². The lowest BCUT2D eigenvalue weighted by Gasteiger charge is -2.36. The minimum Gasteiger partial charge on any atom is -0.481 e. The molecule has 2 saturated heterocycles. The quantitative estimate of drug-likeness (QED) is 0.136. The van der Waals surface area contributed by atoms with E-state index in [0.717, 1.165) is 52.1 Å². The van der Waals surface area contributed by atoms with Gasteiger partial charge < -0.3 is 26.0 Å². The van der Waals surface area contributed by atoms with Crippen LogP contribution in [0.3, 0.4) is 0 Å². The molecular formula is C22H40N6O5. The molecule has 2 heterocycles. The van der Waals surface area contributed by atoms with E-state index in [1.807, 2.05) is 0 Å². The SMILES string of the molecule is CN1CCN(CC2CCC[15N]2CC(=O)NC[13CH2][13C](=O)[15NH][13CH2][13CH2][13C](=O)[15NH][13CH2][13CH2][13CH2][13C](=O)O)[13CH2][13CH2]1. The second-order valence-electron chi connectivity index (χ2n) is 8.92. The zero-order chi connectivity index (χ0) is 24.1. The Balaban J connectivity index is 1.52. The summed E-state index contributed by atoms with van der Waals surface area (Å²) in [6.07, 6.45) is 2.92. The third-order valence-corrected chi connectivity index (χ3v) is 6.15. The van der Waals surface area contributed by atoms with E-state index >= 15 is 0 Å². The van der Waals surface area contributed by atoms with Crippen molar-refractivity contribution in [3.63, 3.8) is 0 Å². The number of carbonyl (C=O) groups is 4. The summed E-state index contributed by atoms with van der Waals surface area (Å²) in [4.78, 5) is 53.4. The molecule has 2 rings (SSSR count). The van der Waals surface area contributed by atoms with Crippen LogP contribution in [-0.2, 0) is 19.2 Å². The van der Waals surface area contributed by atoms with Crippen molar-refractivity contribution < 1.29 is 24.3 Å². The highest BCUT2D eigenvalue weighted by atomic mass is 16.5. The van der Waals surface area contributed by atoms with Gasteiger partial charge in [0.15, 0.2) is 0 Å². The first kappa shape index (κ1) is 27.0. The number of likely N-dealkylation sites (tertiary alicyclic amines) is 1. The monoisotopic (exact) mass is 482 g/mol. The molecule has 0 aliphatic carbocycles. The number of hydrogen-bond donors (Lipinski definition) is 4. The molecule has 11 heteroatoms. The normalized spacial score (nSPS) is 19.8. The van der Waals surface area contributed by atoms with Crippen LogP contribution in [0.2, 0.25) is 0 Å². The predicted octanol–water partition coefficient (Wildman–Crippen LogP) is -1.31. The van der Waals surface area contributed by atoms with Crippen molar-refractivity contribution in [2.24, 2.45) is 0 Å². The van der Waals surface area contributed by atoms with E-state index in [1.165, 1.54) is 0 Å². The molecule has 1 atom stereocenters. The fourth-order valence-corrected chi connectivity index (χ4v) is 4.15. The maximum Gasteiger partial charge on any atom is 0.303 e. The van der Waals surface area contributed by atoms with E-state index in [2.05, 4.69) is 37.7 Å². The maximum atomic E-state index is 12.3. The van der Waals surface area contributed by atoms with Crippen LogP contribution < -0.4 is 16.0 Å². The van der Waals surface area contributed by atoms with Crippen molar-refractivity contribution in [2.45, 2.75) is 44.6 Å². The minimum absolute atomic E-state index is 0.0113. The van der Waals surface area contributed by atoms with Gasteiger partial charge in [-0.3, -0.25) is 29.0 Å². The van der Waals surface area contributed by atoms with E-state index in [1.54, 1.807) is 0 Å². The van der Waals surface area contributed by atoms with Gasteiger partial charge in [0.1, 0.15) is 0 Å². The Labute approximate surface area is 196 Å². The highest BCUT2D eigenvalue weighted by Gasteiger charge is 2.28. The summed E-state index contributed by atoms with van der Waals surface area (Å²) >= 11 is 0. The van der Waals surface area contributed by atoms with Crippen LogP contribution >= 0.6 is 0 Å². The van der Waals surface area contributed by atoms with E-state index in [0.29, 0.717) is 25.6 Å². The molecule has 0 saturated carbocycles. The summed E-state index contributed by atoms with van der Waals surface area (Å²) < 4.78 is 0. The van der Waals surface area contributed by atoms with Crippen LogP contribution in [-0.4, -0.2) is 122 Å². The van der Waals surface area contributed by atoms with Crippen LogP contribution in [0.1, 0.15) is 38.5 Å². The zero-order valence-electron chi connectivity index (χ0n) is 19.8. The molecule has 0 aromatic carbocycles. The zero-order valence-corrected chi connectivity index (χ0v) is 19.8. The molecule has 1 unspecified atom stereocenters. The highest BCUT2D eigenvalue weighted by Crippen LogP contribution is 2.18. The van der Waals surface area contributed by atoms with Gasteiger partial charge in [-0.2, -0.15) is 0 Å². The topological polar surface area (TPSA) is 134 Å². The molecule has 0 spiro atoms. The van der Waals surface area contributed by atoms with Gasteiger partial charge in [0, 0.05) is 77.7 Å². The van der Waals surface area contributed by atoms with Gasteiger partial charge in [0.2, 0.25) is 17.7 Å². The molecule has 3 amide bonds. The van der Waals surface area contributed by atoms with Crippen LogP contribution in [0.5, 0.6) is 0 Å². The Morgan fingerprint density at radius 2 is 1.42 bits per heavy atom. The number of carboxylic acid groups (broad SMARTS) is 1. The molecule has 2 fully saturated rings. The van der Waals surface area contributed by atoms with E-state index < -0.39 is 5.97 Å². The summed E-state index contributed by atoms with van der Waals surface area (Å²) in [5.41, 5.74) is 0. The molecule has 0 bridgehead atoms. The van der Waals surface area contributed by atoms with Crippen LogP contribution in [0.25, 0.3) is 0 Å². The van der Waals surface area contributed by atoms with Crippen molar-refractivity contribution in [3.8, 4) is 0 Å². The second kappa shape index (κ2) is 14.8. The molecule has 0 aromatic heterocycles. The Morgan fingerprint density at radius 3 is 2.06 bits per heavy atom. The van der Waals surface area contributed by atoms with Gasteiger partial charge in [0.25, 0.3) is 0 Å². The summed E-state index contributed by atoms with van der Waals surface area (Å²) in [6.45, 7) is 7.42. The Hall–Kier alpha value is -2.24. The third kappa shape index (κ3) is 11.4. The minimum atomic E-state index is -0.894. The van der Waals surface area contributed by atoms with Crippen molar-refractivity contribution >= 4 is 23.7 Å². The van der Waals surface area contributed by atoms with Gasteiger partial charge in [-0.05, 0) is 32.9 Å². The van der Waals surface area contributed by atoms with E-state index in [-0.39, 0.29) is 50.1 Å². The molecular weight excluding hydrogens is 442 g/mol. The maximum absolute atomic E-state index is 12.3. The number of nitrogens with one attached hydrogen (secondary N) is 3. The van der Waals surface area contributed by atoms with Crippen LogP contribution in [0, 0.1) is 0 Å². The second-order valence-corrected chi connectivity index (χ2v) is 8.92. The summed E-state index contributed by atoms with van der Waals surface area (Å²) in [7, 11) is 2.15. The highest BCUT2D eigenvalue weighted by molar-refractivity contribution is 5.81. The van der Waals surface area contributed by atoms with Gasteiger partial charge in [-0.15, -0.1) is 0 Å². The first-order chi connectivity index (χ1) is 15.8. The Kier molecular flexibility index (Phi) is 12.1. The number of rotatable bonds is 14. The number of amides is 3. The number of piperazine rings is 1. The third-order valence-electron chi connectivity index (χ3n) is 6.15. The first-order valence-electron chi connectivity index (χ1n) is 12.0. The molecule has 0 radical (unpaired) electrons. The molecule has 0 aromatic rings. The van der Waals surface area contributed by atoms with E-state index in [4.69, 9.17) is 5.11 Å². The average Bonchev–Trinajstić information content (AvgIpc) is 3.19. The van der Waals surface area contributed by atoms with Crippen molar-refractivity contribution in [1.82, 2.24) is 30.7 Å². The van der Waals surface area contributed by atoms with Crippen molar-refractivity contribution in [2.75, 3.05) is 72.5 Å². The average molecular weight is 482 g/mol. The smallest absolute Gasteiger partial charge is 0.303 e. The number of hydrogen-bond acceptors (Lipinski definition) is 7. The number of carbonyl (C=O) groups excluding carboxylic acids is 3. The summed E-state index contributed by atoms with van der Waals surface area (Å²) in [6, 6.07) is 0.415. The van der Waals surface area contributed by atoms with Gasteiger partial charge in [-0.25, -0.2) is 0 Å². The number of nitrogens with zero attached hydrogens (tertiary/aromatic N) is 3. The van der Waals surface area contributed by atoms with Gasteiger partial charge in [-0.1, -0.05) is 0 Å². The Morgan fingerprint density at radius 1 is 0.818 bits per heavy atom. The number of likely N-dealkylation sites (N-methyl/N-ethyl adjacent to an activating group) is 1. The number of aliphatic carboxylic acids is 1. The fourth-order valence-electron chi connectivity index (χ4n) is 4.15. The molecule has 2 aliphatic heterocycles. The van der Waals surface area contributed by atoms with Gasteiger partial charge >= 0.3 is 5.97 Å². The summed E-state index contributed by atoms with van der Waals surface area (Å²) in [5.74, 6) is -1.41. The largest absolute Gasteiger partial charge is 0.481 e. The van der Waals surface area contributed by atoms with Crippen molar-refractivity contribution in [3.05, 3.63) is 0 Å². The predicted molar refractivity (Wildman–Crippen MR) is 124 cm³/mol. The van der Waals surface area contributed by atoms with E-state index in [9.17, 15) is 19.2 Å². The first-order valence-corrected chi connectivity index (χ1v) is 12.0. The van der Waals surface area contributed by atoms with Crippen LogP contribution in [0.15, 0.2) is 0 Å². The fraction of sp³-hybridized carbons (Fsp3) is 0.818. The lowest BCUT2D eigenvalue weighted by atomic mass is 10.2. The summed E-state index contributed by atoms with van der Waals surface area (Å²) in [5, 5.41) is 16.6. The van der Waals surface area contributed by atoms with Gasteiger partial charge in [0.05, 0.1) is 6.54 Å². The number of carboxylic acids is 1. The molecule has 188 valence electrons. The Bertz CT molecular complexity index is 653.